The largest absolute Gasteiger partial charge is 0.479 e. The number of halogens is 1. The van der Waals surface area contributed by atoms with Crippen LogP contribution < -0.4 is 15.6 Å². The van der Waals surface area contributed by atoms with Gasteiger partial charge in [-0.3, -0.25) is 10.2 Å². The highest BCUT2D eigenvalue weighted by molar-refractivity contribution is 6.32. The Morgan fingerprint density at radius 3 is 2.63 bits per heavy atom. The molecule has 0 heterocycles. The van der Waals surface area contributed by atoms with E-state index in [4.69, 9.17) is 16.3 Å². The zero-order valence-electron chi connectivity index (χ0n) is 10.6. The number of ether oxygens (including phenoxy) is 2. The summed E-state index contributed by atoms with van der Waals surface area (Å²) in [6, 6.07) is 6.79. The van der Waals surface area contributed by atoms with Crippen molar-refractivity contribution in [3.05, 3.63) is 29.3 Å². The van der Waals surface area contributed by atoms with Crippen molar-refractivity contribution >= 4 is 23.6 Å². The lowest BCUT2D eigenvalue weighted by molar-refractivity contribution is -0.128. The van der Waals surface area contributed by atoms with Gasteiger partial charge in [0.05, 0.1) is 11.6 Å². The molecule has 7 heteroatoms. The molecule has 104 valence electrons. The van der Waals surface area contributed by atoms with E-state index in [-0.39, 0.29) is 6.61 Å². The Hall–Kier alpha value is -1.95. The number of benzene rings is 1. The molecule has 2 amide bonds. The van der Waals surface area contributed by atoms with Gasteiger partial charge in [-0.1, -0.05) is 23.7 Å². The second-order valence-electron chi connectivity index (χ2n) is 3.53. The molecule has 0 saturated heterocycles. The molecule has 0 radical (unpaired) electrons. The topological polar surface area (TPSA) is 76.7 Å². The maximum atomic E-state index is 11.6. The van der Waals surface area contributed by atoms with E-state index in [1.165, 1.54) is 6.92 Å². The second-order valence-corrected chi connectivity index (χ2v) is 3.93. The molecule has 0 spiro atoms. The lowest BCUT2D eigenvalue weighted by Crippen LogP contribution is -2.47. The van der Waals surface area contributed by atoms with Gasteiger partial charge in [0, 0.05) is 0 Å². The van der Waals surface area contributed by atoms with Crippen LogP contribution in [0.4, 0.5) is 4.79 Å². The molecule has 6 nitrogen and oxygen atoms in total. The van der Waals surface area contributed by atoms with Crippen LogP contribution >= 0.6 is 11.6 Å². The number of hydrazine groups is 1. The van der Waals surface area contributed by atoms with E-state index in [0.29, 0.717) is 10.8 Å². The molecule has 0 aliphatic heterocycles. The SMILES string of the molecule is CCOC(=O)NNC(=O)C(C)Oc1ccccc1Cl. The van der Waals surface area contributed by atoms with Crippen molar-refractivity contribution in [2.45, 2.75) is 20.0 Å². The molecule has 19 heavy (non-hydrogen) atoms. The monoisotopic (exact) mass is 286 g/mol. The third-order valence-corrected chi connectivity index (χ3v) is 2.39. The molecule has 0 aliphatic rings. The summed E-state index contributed by atoms with van der Waals surface area (Å²) in [6.45, 7) is 3.41. The van der Waals surface area contributed by atoms with E-state index in [0.717, 1.165) is 0 Å². The highest BCUT2D eigenvalue weighted by Crippen LogP contribution is 2.24. The zero-order chi connectivity index (χ0) is 14.3. The van der Waals surface area contributed by atoms with Crippen LogP contribution in [-0.4, -0.2) is 24.7 Å². The molecule has 1 unspecified atom stereocenters. The predicted octanol–water partition coefficient (Wildman–Crippen LogP) is 1.88. The minimum Gasteiger partial charge on any atom is -0.479 e. The predicted molar refractivity (Wildman–Crippen MR) is 69.8 cm³/mol. The van der Waals surface area contributed by atoms with Crippen molar-refractivity contribution in [2.75, 3.05) is 6.61 Å². The fourth-order valence-corrected chi connectivity index (χ4v) is 1.35. The second kappa shape index (κ2) is 7.48. The molecular weight excluding hydrogens is 272 g/mol. The summed E-state index contributed by atoms with van der Waals surface area (Å²) in [5.74, 6) is -0.129. The summed E-state index contributed by atoms with van der Waals surface area (Å²) in [4.78, 5) is 22.6. The first-order chi connectivity index (χ1) is 9.04. The van der Waals surface area contributed by atoms with Crippen molar-refractivity contribution in [1.29, 1.82) is 0 Å². The van der Waals surface area contributed by atoms with Gasteiger partial charge in [-0.15, -0.1) is 0 Å². The van der Waals surface area contributed by atoms with E-state index in [2.05, 4.69) is 15.6 Å². The van der Waals surface area contributed by atoms with E-state index in [1.807, 2.05) is 0 Å². The molecule has 0 bridgehead atoms. The maximum absolute atomic E-state index is 11.6. The van der Waals surface area contributed by atoms with E-state index >= 15 is 0 Å². The lowest BCUT2D eigenvalue weighted by Gasteiger charge is -2.15. The summed E-state index contributed by atoms with van der Waals surface area (Å²) in [7, 11) is 0. The number of para-hydroxylation sites is 1. The van der Waals surface area contributed by atoms with Gasteiger partial charge >= 0.3 is 6.09 Å². The minimum absolute atomic E-state index is 0.216. The van der Waals surface area contributed by atoms with E-state index in [1.54, 1.807) is 31.2 Å². The number of hydrogen-bond acceptors (Lipinski definition) is 4. The van der Waals surface area contributed by atoms with Crippen LogP contribution in [0.25, 0.3) is 0 Å². The Kier molecular flexibility index (Phi) is 5.95. The number of carbonyl (C=O) groups excluding carboxylic acids is 2. The lowest BCUT2D eigenvalue weighted by atomic mass is 10.3. The minimum atomic E-state index is -0.818. The number of nitrogens with one attached hydrogen (secondary N) is 2. The fraction of sp³-hybridized carbons (Fsp3) is 0.333. The summed E-state index contributed by atoms with van der Waals surface area (Å²) in [6.07, 6.45) is -1.55. The van der Waals surface area contributed by atoms with E-state index < -0.39 is 18.1 Å². The first-order valence-corrected chi connectivity index (χ1v) is 6.06. The Morgan fingerprint density at radius 2 is 2.00 bits per heavy atom. The van der Waals surface area contributed by atoms with Crippen LogP contribution in [0.15, 0.2) is 24.3 Å². The molecule has 1 aromatic rings. The molecule has 2 N–H and O–H groups in total. The van der Waals surface area contributed by atoms with E-state index in [9.17, 15) is 9.59 Å². The van der Waals surface area contributed by atoms with Gasteiger partial charge in [0.25, 0.3) is 5.91 Å². The number of hydrogen-bond donors (Lipinski definition) is 2. The zero-order valence-corrected chi connectivity index (χ0v) is 11.4. The molecule has 0 saturated carbocycles. The van der Waals surface area contributed by atoms with Crippen molar-refractivity contribution in [2.24, 2.45) is 0 Å². The number of amides is 2. The molecular formula is C12H15ClN2O4. The summed E-state index contributed by atoms with van der Waals surface area (Å²) in [5, 5.41) is 0.403. The van der Waals surface area contributed by atoms with Gasteiger partial charge in [0.2, 0.25) is 0 Å². The van der Waals surface area contributed by atoms with Gasteiger partial charge in [-0.2, -0.15) is 0 Å². The van der Waals surface area contributed by atoms with Crippen molar-refractivity contribution in [3.8, 4) is 5.75 Å². The van der Waals surface area contributed by atoms with Crippen LogP contribution in [0.1, 0.15) is 13.8 Å². The number of rotatable bonds is 4. The standard InChI is InChI=1S/C12H15ClN2O4/c1-3-18-12(17)15-14-11(16)8(2)19-10-7-5-4-6-9(10)13/h4-8H,3H2,1-2H3,(H,14,16)(H,15,17). The first-order valence-electron chi connectivity index (χ1n) is 5.68. The van der Waals surface area contributed by atoms with Gasteiger partial charge in [0.1, 0.15) is 5.75 Å². The summed E-state index contributed by atoms with van der Waals surface area (Å²) < 4.78 is 9.95. The molecule has 1 aromatic carbocycles. The Labute approximate surface area is 116 Å². The van der Waals surface area contributed by atoms with Crippen molar-refractivity contribution < 1.29 is 19.1 Å². The average molecular weight is 287 g/mol. The number of carbonyl (C=O) groups is 2. The molecule has 0 aromatic heterocycles. The van der Waals surface area contributed by atoms with Crippen molar-refractivity contribution in [1.82, 2.24) is 10.9 Å². The smallest absolute Gasteiger partial charge is 0.426 e. The van der Waals surface area contributed by atoms with Crippen LogP contribution in [0.5, 0.6) is 5.75 Å². The molecule has 1 rings (SSSR count). The third-order valence-electron chi connectivity index (χ3n) is 2.07. The maximum Gasteiger partial charge on any atom is 0.426 e. The van der Waals surface area contributed by atoms with Gasteiger partial charge in [0.15, 0.2) is 6.10 Å². The molecule has 0 aliphatic carbocycles. The first kappa shape index (κ1) is 15.1. The highest BCUT2D eigenvalue weighted by Gasteiger charge is 2.16. The Balaban J connectivity index is 2.45. The van der Waals surface area contributed by atoms with Crippen LogP contribution in [0.3, 0.4) is 0 Å². The Bertz CT molecular complexity index is 453. The fourth-order valence-electron chi connectivity index (χ4n) is 1.17. The summed E-state index contributed by atoms with van der Waals surface area (Å²) in [5.41, 5.74) is 4.27. The Morgan fingerprint density at radius 1 is 1.32 bits per heavy atom. The van der Waals surface area contributed by atoms with Gasteiger partial charge < -0.3 is 9.47 Å². The van der Waals surface area contributed by atoms with Crippen molar-refractivity contribution in [3.63, 3.8) is 0 Å². The van der Waals surface area contributed by atoms with Gasteiger partial charge in [-0.25, -0.2) is 10.2 Å². The molecule has 0 fully saturated rings. The van der Waals surface area contributed by atoms with Gasteiger partial charge in [-0.05, 0) is 26.0 Å². The van der Waals surface area contributed by atoms with Crippen LogP contribution in [0, 0.1) is 0 Å². The summed E-state index contributed by atoms with van der Waals surface area (Å²) >= 11 is 5.90. The van der Waals surface area contributed by atoms with Crippen LogP contribution in [-0.2, 0) is 9.53 Å². The van der Waals surface area contributed by atoms with Crippen LogP contribution in [0.2, 0.25) is 5.02 Å². The highest BCUT2D eigenvalue weighted by atomic mass is 35.5. The average Bonchev–Trinajstić information content (AvgIpc) is 2.39. The molecule has 1 atom stereocenters. The third kappa shape index (κ3) is 5.05. The quantitative estimate of drug-likeness (QED) is 0.829. The normalized spacial score (nSPS) is 11.3.